The van der Waals surface area contributed by atoms with Crippen LogP contribution in [-0.2, 0) is 26.1 Å². The number of nitrogens with one attached hydrogen (secondary N) is 5. The molecule has 0 amide bonds. The summed E-state index contributed by atoms with van der Waals surface area (Å²) in [5.41, 5.74) is 78.0. The van der Waals surface area contributed by atoms with E-state index in [4.69, 9.17) is 85.1 Å². The van der Waals surface area contributed by atoms with Crippen LogP contribution in [0.4, 0.5) is 17.1 Å². The van der Waals surface area contributed by atoms with Crippen LogP contribution in [-0.4, -0.2) is 156 Å². The largest absolute Gasteiger partial charge is 0.497 e. The van der Waals surface area contributed by atoms with Gasteiger partial charge in [-0.05, 0) is 160 Å². The summed E-state index contributed by atoms with van der Waals surface area (Å²) in [6.45, 7) is 27.2. The van der Waals surface area contributed by atoms with Crippen molar-refractivity contribution < 1.29 is 4.74 Å². The van der Waals surface area contributed by atoms with Crippen molar-refractivity contribution in [2.45, 2.75) is 230 Å². The fraction of sp³-hybridized carbons (Fsp3) is 0.468. The summed E-state index contributed by atoms with van der Waals surface area (Å²) in [6, 6.07) is 44.1. The number of pyridine rings is 1. The van der Waals surface area contributed by atoms with Crippen LogP contribution in [0.15, 0.2) is 224 Å². The average Bonchev–Trinajstić information content (AvgIpc) is 0.974. The van der Waals surface area contributed by atoms with Crippen LogP contribution in [0.25, 0.3) is 0 Å². The zero-order valence-electron chi connectivity index (χ0n) is 78.5. The lowest BCUT2D eigenvalue weighted by Crippen LogP contribution is -2.41. The van der Waals surface area contributed by atoms with E-state index >= 15 is 0 Å². The Hall–Kier alpha value is -13.0. The molecular formula is C94H154ClN33O. The lowest BCUT2D eigenvalue weighted by atomic mass is 10.1. The molecule has 7 rings (SSSR count). The molecule has 0 spiro atoms. The van der Waals surface area contributed by atoms with Crippen LogP contribution in [0.3, 0.4) is 0 Å². The third-order valence-electron chi connectivity index (χ3n) is 18.4. The van der Waals surface area contributed by atoms with Gasteiger partial charge in [-0.3, -0.25) is 40.9 Å². The lowest BCUT2D eigenvalue weighted by molar-refractivity contribution is 0.383. The number of hydrogen-bond donors (Lipinski definition) is 17. The number of nitrogens with zero attached hydrogens (tertiary/aromatic N) is 16. The van der Waals surface area contributed by atoms with Crippen LogP contribution in [0.2, 0.25) is 5.02 Å². The van der Waals surface area contributed by atoms with E-state index < -0.39 is 0 Å². The standard InChI is InChI=1S/C21H37N5.C17H29N5.C15H16ClN5O.C15H25N5.C14H24N6.C12H23N7/c1-4-6-8-10-15-26(16-11-9-7-5-2)21(23)25-20(22)24-19-14-12-13-18(3)17-19;1-4-11-22(12-5-2)17(19)21-16(18)20-10-9-15-8-6-7-14(3)13-15;1-22-13-8-6-12(7-9-13)20-15(18)21-14(17)19-11-4-2-10(16)3-5-11;1-2-3-4-8-11-18-14(16)20-15(17)19-12-13-9-6-5-7-10-13;1-2-3-4-5-8-18-13(15)20-14(16)19-11-12-6-9-17-10-7-12;1-2-3-4-5-6-17-11(13)19-12(14)18-9-10-15-7-8-16-10/h12-14,17H,4-11,15-16H2,1-3H3,(H4,22,23,24,25);6-8,13H,4-5,9-12H2,1-3H3,(H4,18,19,20,21);2-9H,1H3,(H5,17,18,19,20,21);5-7,9-10H,2-4,8,11-12H2,1H3,(H5,16,17,18,19,20);6-7,9-10H,2-5,8,11H2,1H3,(H5,15,16,18,19,20);7-8H,2-6,9H2,1H3,(H,15,16)(H5,13,14,17,18,19). The van der Waals surface area contributed by atoms with Crippen LogP contribution in [0.5, 0.6) is 5.75 Å². The van der Waals surface area contributed by atoms with Gasteiger partial charge in [0.25, 0.3) is 0 Å². The second-order valence-corrected chi connectivity index (χ2v) is 30.4. The summed E-state index contributed by atoms with van der Waals surface area (Å²) in [5.74, 6) is 4.85. The van der Waals surface area contributed by atoms with Gasteiger partial charge in [-0.2, -0.15) is 15.0 Å². The van der Waals surface area contributed by atoms with Gasteiger partial charge in [0.05, 0.1) is 31.6 Å². The van der Waals surface area contributed by atoms with Crippen LogP contribution in [0, 0.1) is 13.8 Å². The Kier molecular flexibility index (Phi) is 63.5. The number of imidazole rings is 1. The molecule has 34 nitrogen and oxygen atoms in total. The lowest BCUT2D eigenvalue weighted by Gasteiger charge is -2.23. The minimum absolute atomic E-state index is 0.0424. The molecule has 0 aliphatic carbocycles. The maximum atomic E-state index is 6.25. The second-order valence-electron chi connectivity index (χ2n) is 30.0. The van der Waals surface area contributed by atoms with Crippen molar-refractivity contribution >= 4 is 100 Å². The number of aliphatic imine (C=N–C) groups is 12. The van der Waals surface area contributed by atoms with E-state index in [1.54, 1.807) is 68.3 Å². The fourth-order valence-corrected chi connectivity index (χ4v) is 11.7. The average molecular weight is 1800 g/mol. The molecule has 0 atom stereocenters. The first kappa shape index (κ1) is 112. The number of halogens is 1. The summed E-state index contributed by atoms with van der Waals surface area (Å²) in [5, 5.41) is 11.9. The van der Waals surface area contributed by atoms with Gasteiger partial charge in [0.1, 0.15) is 18.1 Å². The molecule has 0 aliphatic rings. The predicted molar refractivity (Wildman–Crippen MR) is 547 cm³/mol. The number of aromatic amines is 1. The topological polar surface area (TPSA) is 566 Å². The highest BCUT2D eigenvalue weighted by molar-refractivity contribution is 6.30. The molecule has 129 heavy (non-hydrogen) atoms. The highest BCUT2D eigenvalue weighted by Gasteiger charge is 2.11. The van der Waals surface area contributed by atoms with Crippen molar-refractivity contribution in [3.8, 4) is 5.75 Å². The molecule has 7 aromatic rings. The summed E-state index contributed by atoms with van der Waals surface area (Å²) >= 11 is 5.80. The molecular weight excluding hydrogens is 1640 g/mol. The quantitative estimate of drug-likeness (QED) is 0.00960. The Morgan fingerprint density at radius 1 is 0.380 bits per heavy atom. The maximum Gasteiger partial charge on any atom is 0.223 e. The van der Waals surface area contributed by atoms with Gasteiger partial charge in [-0.1, -0.05) is 229 Å². The molecule has 0 fully saturated rings. The fourth-order valence-electron chi connectivity index (χ4n) is 11.6. The number of guanidine groups is 12. The molecule has 708 valence electrons. The SMILES string of the molecule is CCCCCCN(CCCCCC)C(N)=NC(N)=Nc1cccc(C)c1.CCCCCCN=C(N)NC(N)=NCc1ccccc1.CCCCCCN=C(N)NC(N)=NCc1ccncc1.CCCCCCN=C(N)NC(N)=NCc1ncc[nH]1.CCCN(CCC)C(N)=NC(N)=NCCc1cccc(C)c1.COc1ccc(NC(N)=NC(N)=Nc2ccc(Cl)cc2)cc1. The number of nitrogens with two attached hydrogens (primary N) is 12. The summed E-state index contributed by atoms with van der Waals surface area (Å²) in [4.78, 5) is 65.5. The van der Waals surface area contributed by atoms with Gasteiger partial charge in [0.15, 0.2) is 47.7 Å². The van der Waals surface area contributed by atoms with E-state index in [0.29, 0.717) is 79.2 Å². The van der Waals surface area contributed by atoms with Gasteiger partial charge in [0.2, 0.25) is 23.8 Å². The van der Waals surface area contributed by atoms with E-state index in [-0.39, 0.29) is 35.8 Å². The van der Waals surface area contributed by atoms with Crippen molar-refractivity contribution in [1.29, 1.82) is 0 Å². The molecule has 2 heterocycles. The number of hydrogen-bond acceptors (Lipinski definition) is 12. The normalized spacial score (nSPS) is 12.4. The summed E-state index contributed by atoms with van der Waals surface area (Å²) < 4.78 is 5.08. The molecule has 0 saturated heterocycles. The summed E-state index contributed by atoms with van der Waals surface area (Å²) in [6.07, 6.45) is 33.5. The number of aryl methyl sites for hydroxylation is 2. The highest BCUT2D eigenvalue weighted by atomic mass is 35.5. The first-order valence-electron chi connectivity index (χ1n) is 45.2. The number of benzene rings is 5. The van der Waals surface area contributed by atoms with E-state index in [2.05, 4.69) is 181 Å². The Bertz CT molecular complexity index is 4350. The Balaban J connectivity index is 0.000000525. The minimum atomic E-state index is 0.0424. The van der Waals surface area contributed by atoms with Gasteiger partial charge in [0, 0.05) is 87.9 Å². The van der Waals surface area contributed by atoms with E-state index in [0.717, 1.165) is 130 Å². The number of H-pyrrole nitrogens is 1. The Morgan fingerprint density at radius 2 is 0.814 bits per heavy atom. The molecule has 0 aliphatic heterocycles. The van der Waals surface area contributed by atoms with Gasteiger partial charge in [-0.25, -0.2) is 29.9 Å². The predicted octanol–water partition coefficient (Wildman–Crippen LogP) is 13.8. The second kappa shape index (κ2) is 73.1. The number of anilines is 1. The van der Waals surface area contributed by atoms with E-state index in [9.17, 15) is 0 Å². The number of rotatable bonds is 42. The van der Waals surface area contributed by atoms with E-state index in [1.165, 1.54) is 107 Å². The number of unbranched alkanes of at least 4 members (excludes halogenated alkanes) is 15. The molecule has 2 aromatic heterocycles. The van der Waals surface area contributed by atoms with Gasteiger partial charge >= 0.3 is 0 Å². The molecule has 0 radical (unpaired) electrons. The first-order valence-corrected chi connectivity index (χ1v) is 45.5. The first-order chi connectivity index (χ1) is 62.3. The van der Waals surface area contributed by atoms with Gasteiger partial charge in [-0.15, -0.1) is 0 Å². The number of methoxy groups -OCH3 is 1. The monoisotopic (exact) mass is 1800 g/mol. The number of ether oxygens (including phenoxy) is 1. The van der Waals surface area contributed by atoms with Crippen molar-refractivity contribution in [2.75, 3.05) is 64.8 Å². The van der Waals surface area contributed by atoms with Crippen LogP contribution >= 0.6 is 11.6 Å². The van der Waals surface area contributed by atoms with Crippen molar-refractivity contribution in [3.05, 3.63) is 203 Å². The van der Waals surface area contributed by atoms with Crippen molar-refractivity contribution in [2.24, 2.45) is 129 Å². The molecule has 5 aromatic carbocycles. The molecule has 29 N–H and O–H groups in total. The molecule has 0 unspecified atom stereocenters. The van der Waals surface area contributed by atoms with E-state index in [1.807, 2.05) is 90.7 Å². The zero-order chi connectivity index (χ0) is 94.7. The molecule has 0 saturated carbocycles. The maximum absolute atomic E-state index is 6.25. The van der Waals surface area contributed by atoms with Crippen LogP contribution in [0.1, 0.15) is 223 Å². The Morgan fingerprint density at radius 3 is 1.28 bits per heavy atom. The third kappa shape index (κ3) is 60.3. The van der Waals surface area contributed by atoms with Gasteiger partial charge < -0.3 is 93.6 Å². The zero-order valence-corrected chi connectivity index (χ0v) is 79.3. The number of aromatic nitrogens is 3. The third-order valence-corrected chi connectivity index (χ3v) is 18.6. The van der Waals surface area contributed by atoms with Crippen molar-refractivity contribution in [1.82, 2.24) is 40.7 Å². The Labute approximate surface area is 773 Å². The smallest absolute Gasteiger partial charge is 0.223 e. The van der Waals surface area contributed by atoms with Crippen molar-refractivity contribution in [3.63, 3.8) is 0 Å². The minimum Gasteiger partial charge on any atom is -0.497 e. The summed E-state index contributed by atoms with van der Waals surface area (Å²) in [7, 11) is 1.60. The molecule has 0 bridgehead atoms. The van der Waals surface area contributed by atoms with Crippen LogP contribution < -0.4 is 94.8 Å². The highest BCUT2D eigenvalue weighted by Crippen LogP contribution is 2.19. The molecule has 35 heteroatoms.